The fraction of sp³-hybridized carbons (Fsp3) is 0.136. The minimum atomic E-state index is -2.58. The normalized spacial score (nSPS) is 16.4. The van der Waals surface area contributed by atoms with Crippen molar-refractivity contribution in [1.82, 2.24) is 4.98 Å². The third-order valence-electron chi connectivity index (χ3n) is 4.44. The Labute approximate surface area is 158 Å². The summed E-state index contributed by atoms with van der Waals surface area (Å²) in [6.45, 7) is -3.07. The van der Waals surface area contributed by atoms with Crippen LogP contribution in [0.15, 0.2) is 53.1 Å². The minimum absolute atomic E-state index is 0.221. The molecule has 25 heavy (non-hydrogen) atoms. The van der Waals surface area contributed by atoms with Crippen molar-refractivity contribution >= 4 is 43.4 Å². The van der Waals surface area contributed by atoms with Crippen LogP contribution >= 0.6 is 11.3 Å². The molecular formula is C22H17NOS. The van der Waals surface area contributed by atoms with E-state index in [1.165, 1.54) is 10.9 Å². The number of para-hydroxylation sites is 1. The summed E-state index contributed by atoms with van der Waals surface area (Å²) in [4.78, 5) is 5.52. The van der Waals surface area contributed by atoms with Crippen LogP contribution in [0.25, 0.3) is 43.3 Å². The molecule has 0 unspecified atom stereocenters. The van der Waals surface area contributed by atoms with Gasteiger partial charge in [0.15, 0.2) is 0 Å². The Balaban J connectivity index is 1.77. The zero-order valence-electron chi connectivity index (χ0n) is 19.4. The number of furan rings is 1. The van der Waals surface area contributed by atoms with Gasteiger partial charge < -0.3 is 4.42 Å². The Bertz CT molecular complexity index is 1480. The molecule has 0 aliphatic heterocycles. The summed E-state index contributed by atoms with van der Waals surface area (Å²) in [5.74, 6) is 0. The molecule has 5 rings (SSSR count). The first-order valence-corrected chi connectivity index (χ1v) is 8.71. The molecule has 0 saturated carbocycles. The van der Waals surface area contributed by atoms with E-state index in [-0.39, 0.29) is 11.1 Å². The van der Waals surface area contributed by atoms with Gasteiger partial charge in [0.25, 0.3) is 0 Å². The smallest absolute Gasteiger partial charge is 0.144 e. The molecule has 5 aromatic rings. The second-order valence-electron chi connectivity index (χ2n) is 6.14. The average molecular weight is 349 g/mol. The highest BCUT2D eigenvalue weighted by molar-refractivity contribution is 7.19. The summed E-state index contributed by atoms with van der Waals surface area (Å²) in [5.41, 5.74) is 1.84. The van der Waals surface area contributed by atoms with Gasteiger partial charge in [0.2, 0.25) is 0 Å². The molecule has 0 spiro atoms. The number of nitrogens with zero attached hydrogens (tertiary/aromatic N) is 1. The molecule has 2 aromatic carbocycles. The molecule has 0 aliphatic rings. The van der Waals surface area contributed by atoms with Crippen LogP contribution in [0.3, 0.4) is 0 Å². The number of benzene rings is 2. The van der Waals surface area contributed by atoms with Gasteiger partial charge in [-0.2, -0.15) is 0 Å². The van der Waals surface area contributed by atoms with E-state index in [4.69, 9.17) is 12.6 Å². The number of thiophene rings is 1. The van der Waals surface area contributed by atoms with Gasteiger partial charge in [-0.15, -0.1) is 11.3 Å². The van der Waals surface area contributed by atoms with Crippen LogP contribution in [0.4, 0.5) is 0 Å². The molecule has 0 fully saturated rings. The lowest BCUT2D eigenvalue weighted by atomic mass is 10.0. The average Bonchev–Trinajstić information content (AvgIpc) is 3.22. The van der Waals surface area contributed by atoms with Gasteiger partial charge in [0, 0.05) is 40.3 Å². The molecular weight excluding hydrogens is 326 g/mol. The van der Waals surface area contributed by atoms with Crippen LogP contribution in [-0.4, -0.2) is 4.98 Å². The monoisotopic (exact) mass is 349 g/mol. The molecule has 0 saturated heterocycles. The number of rotatable bonds is 1. The zero-order valence-corrected chi connectivity index (χ0v) is 14.2. The van der Waals surface area contributed by atoms with E-state index in [9.17, 15) is 0 Å². The molecule has 0 amide bonds. The number of aryl methyl sites for hydroxylation is 3. The van der Waals surface area contributed by atoms with E-state index in [2.05, 4.69) is 24.0 Å². The standard InChI is InChI=1S/C22H17NOS/c1-12-7-19(23-11-13(12)2)17-6-4-5-16-18-9-15-8-14(3)25-21(15)10-20(18)24-22(16)17/h4-11H,1-3H3/i1D3,2D3. The fourth-order valence-electron chi connectivity index (χ4n) is 3.27. The largest absolute Gasteiger partial charge is 0.455 e. The predicted molar refractivity (Wildman–Crippen MR) is 107 cm³/mol. The first-order valence-electron chi connectivity index (χ1n) is 10.9. The first-order chi connectivity index (χ1) is 14.5. The molecule has 3 heterocycles. The maximum atomic E-state index is 7.82. The molecule has 0 aliphatic carbocycles. The van der Waals surface area contributed by atoms with Crippen molar-refractivity contribution in [1.29, 1.82) is 0 Å². The maximum Gasteiger partial charge on any atom is 0.144 e. The second-order valence-corrected chi connectivity index (χ2v) is 7.43. The van der Waals surface area contributed by atoms with Crippen molar-refractivity contribution in [2.75, 3.05) is 0 Å². The molecule has 0 bridgehead atoms. The Hall–Kier alpha value is -2.65. The number of aromatic nitrogens is 1. The lowest BCUT2D eigenvalue weighted by Crippen LogP contribution is -1.88. The summed E-state index contributed by atoms with van der Waals surface area (Å²) in [6.07, 6.45) is 1.14. The minimum Gasteiger partial charge on any atom is -0.455 e. The molecule has 0 atom stereocenters. The van der Waals surface area contributed by atoms with E-state index in [1.807, 2.05) is 18.2 Å². The second kappa shape index (κ2) is 5.17. The third-order valence-corrected chi connectivity index (χ3v) is 5.45. The fourth-order valence-corrected chi connectivity index (χ4v) is 4.20. The Kier molecular flexibility index (Phi) is 2.01. The Morgan fingerprint density at radius 2 is 1.96 bits per heavy atom. The van der Waals surface area contributed by atoms with Crippen LogP contribution in [0.1, 0.15) is 24.2 Å². The lowest BCUT2D eigenvalue weighted by Gasteiger charge is -2.05. The van der Waals surface area contributed by atoms with Crippen molar-refractivity contribution < 1.29 is 12.6 Å². The number of pyridine rings is 1. The number of fused-ring (bicyclic) bond motifs is 4. The topological polar surface area (TPSA) is 26.0 Å². The summed E-state index contributed by atoms with van der Waals surface area (Å²) >= 11 is 1.70. The van der Waals surface area contributed by atoms with Crippen molar-refractivity contribution in [2.45, 2.75) is 20.6 Å². The van der Waals surface area contributed by atoms with Crippen LogP contribution in [-0.2, 0) is 0 Å². The van der Waals surface area contributed by atoms with Crippen LogP contribution in [0.2, 0.25) is 0 Å². The van der Waals surface area contributed by atoms with Gasteiger partial charge in [-0.05, 0) is 67.5 Å². The van der Waals surface area contributed by atoms with E-state index >= 15 is 0 Å². The Morgan fingerprint density at radius 1 is 1.04 bits per heavy atom. The van der Waals surface area contributed by atoms with Gasteiger partial charge >= 0.3 is 0 Å². The summed E-state index contributed by atoms with van der Waals surface area (Å²) in [6, 6.07) is 13.2. The van der Waals surface area contributed by atoms with Crippen LogP contribution < -0.4 is 0 Å². The summed E-state index contributed by atoms with van der Waals surface area (Å²) in [5, 5.41) is 3.01. The van der Waals surface area contributed by atoms with Gasteiger partial charge in [-0.25, -0.2) is 0 Å². The zero-order chi connectivity index (χ0) is 22.1. The number of hydrogen-bond donors (Lipinski definition) is 0. The van der Waals surface area contributed by atoms with Gasteiger partial charge in [-0.3, -0.25) is 4.98 Å². The van der Waals surface area contributed by atoms with Crippen molar-refractivity contribution in [3.8, 4) is 11.3 Å². The molecule has 0 radical (unpaired) electrons. The van der Waals surface area contributed by atoms with E-state index in [0.717, 1.165) is 32.6 Å². The van der Waals surface area contributed by atoms with Crippen LogP contribution in [0.5, 0.6) is 0 Å². The quantitative estimate of drug-likeness (QED) is 0.333. The summed E-state index contributed by atoms with van der Waals surface area (Å²) in [7, 11) is 0. The predicted octanol–water partition coefficient (Wildman–Crippen LogP) is 6.79. The highest BCUT2D eigenvalue weighted by atomic mass is 32.1. The molecule has 3 heteroatoms. The maximum absolute atomic E-state index is 7.82. The van der Waals surface area contributed by atoms with E-state index < -0.39 is 13.7 Å². The Morgan fingerprint density at radius 3 is 2.84 bits per heavy atom. The molecule has 2 nitrogen and oxygen atoms in total. The van der Waals surface area contributed by atoms with Gasteiger partial charge in [0.05, 0.1) is 5.69 Å². The number of hydrogen-bond acceptors (Lipinski definition) is 3. The van der Waals surface area contributed by atoms with Crippen LogP contribution in [0, 0.1) is 20.6 Å². The third kappa shape index (κ3) is 2.19. The molecule has 122 valence electrons. The summed E-state index contributed by atoms with van der Waals surface area (Å²) < 4.78 is 53.8. The molecule has 3 aromatic heterocycles. The van der Waals surface area contributed by atoms with Gasteiger partial charge in [-0.1, -0.05) is 12.1 Å². The highest BCUT2D eigenvalue weighted by Gasteiger charge is 2.14. The van der Waals surface area contributed by atoms with E-state index in [0.29, 0.717) is 16.8 Å². The lowest BCUT2D eigenvalue weighted by molar-refractivity contribution is 0.670. The molecule has 0 N–H and O–H groups in total. The first kappa shape index (κ1) is 9.73. The van der Waals surface area contributed by atoms with Crippen molar-refractivity contribution in [3.05, 3.63) is 64.7 Å². The van der Waals surface area contributed by atoms with E-state index in [1.54, 1.807) is 17.4 Å². The van der Waals surface area contributed by atoms with Gasteiger partial charge in [0.1, 0.15) is 11.2 Å². The van der Waals surface area contributed by atoms with Crippen molar-refractivity contribution in [3.63, 3.8) is 0 Å². The van der Waals surface area contributed by atoms with Crippen molar-refractivity contribution in [2.24, 2.45) is 0 Å². The SMILES string of the molecule is [2H]C([2H])([2H])c1cnc(-c2cccc3c2oc2cc4sc(C)cc4cc23)cc1C([2H])([2H])[2H]. The highest BCUT2D eigenvalue weighted by Crippen LogP contribution is 2.38.